The van der Waals surface area contributed by atoms with E-state index in [0.29, 0.717) is 18.3 Å². The lowest BCUT2D eigenvalue weighted by molar-refractivity contribution is -0.114. The third kappa shape index (κ3) is 2.64. The number of para-hydroxylation sites is 1. The van der Waals surface area contributed by atoms with Gasteiger partial charge in [0.2, 0.25) is 6.79 Å². The molecule has 1 aliphatic heterocycles. The molecule has 1 aromatic rings. The fraction of sp³-hybridized carbons (Fsp3) is 0.536. The normalized spacial score (nSPS) is 37.2. The van der Waals surface area contributed by atoms with Crippen molar-refractivity contribution in [2.75, 3.05) is 6.79 Å². The molecular weight excluding hydrogens is 400 g/mol. The van der Waals surface area contributed by atoms with Gasteiger partial charge >= 0.3 is 0 Å². The maximum absolute atomic E-state index is 12.2. The summed E-state index contributed by atoms with van der Waals surface area (Å²) < 4.78 is 11.7. The molecule has 4 nitrogen and oxygen atoms in total. The molecule has 6 rings (SSSR count). The molecule has 0 spiro atoms. The SMILES string of the molecule is CC#C[C@]1(O)CC[C@H]2[C@@H]3CCC4=CC(=O)CCC4=C3[C@@H](c3cccc4c3OCO4)C[C@@]21C. The number of ketones is 1. The van der Waals surface area contributed by atoms with Gasteiger partial charge in [-0.2, -0.15) is 0 Å². The Bertz CT molecular complexity index is 1130. The van der Waals surface area contributed by atoms with E-state index in [-0.39, 0.29) is 23.9 Å². The molecule has 1 aromatic carbocycles. The summed E-state index contributed by atoms with van der Waals surface area (Å²) in [5.74, 6) is 9.09. The van der Waals surface area contributed by atoms with Crippen LogP contribution in [0.2, 0.25) is 0 Å². The summed E-state index contributed by atoms with van der Waals surface area (Å²) in [7, 11) is 0. The van der Waals surface area contributed by atoms with Gasteiger partial charge in [0.1, 0.15) is 5.60 Å². The molecule has 0 aromatic heterocycles. The average Bonchev–Trinajstić information content (AvgIpc) is 3.36. The van der Waals surface area contributed by atoms with Gasteiger partial charge in [-0.15, -0.1) is 5.92 Å². The molecule has 5 atom stereocenters. The number of hydrogen-bond acceptors (Lipinski definition) is 4. The first-order chi connectivity index (χ1) is 15.4. The van der Waals surface area contributed by atoms with E-state index >= 15 is 0 Å². The van der Waals surface area contributed by atoms with Crippen LogP contribution < -0.4 is 9.47 Å². The number of ether oxygens (including phenoxy) is 2. The predicted molar refractivity (Wildman–Crippen MR) is 121 cm³/mol. The van der Waals surface area contributed by atoms with Crippen LogP contribution in [0, 0.1) is 29.1 Å². The Morgan fingerprint density at radius 3 is 2.88 bits per heavy atom. The van der Waals surface area contributed by atoms with Crippen molar-refractivity contribution >= 4 is 5.78 Å². The van der Waals surface area contributed by atoms with Crippen LogP contribution >= 0.6 is 0 Å². The standard InChI is InChI=1S/C28H30O4/c1-3-12-28(30)13-11-23-21-9-7-17-14-18(29)8-10-19(17)25(21)22(15-27(23,28)2)20-5-4-6-24-26(20)32-16-31-24/h4-6,14,21-23,30H,7-11,13,15-16H2,1-2H3/t21-,22+,23-,27-,28-/m0/s1. The van der Waals surface area contributed by atoms with Gasteiger partial charge in [0.15, 0.2) is 17.3 Å². The summed E-state index contributed by atoms with van der Waals surface area (Å²) in [6.07, 6.45) is 7.89. The number of carbonyl (C=O) groups is 1. The van der Waals surface area contributed by atoms with E-state index in [0.717, 1.165) is 55.6 Å². The second kappa shape index (κ2) is 6.99. The van der Waals surface area contributed by atoms with Gasteiger partial charge in [0.25, 0.3) is 0 Å². The van der Waals surface area contributed by atoms with Crippen LogP contribution in [0.1, 0.15) is 70.3 Å². The highest BCUT2D eigenvalue weighted by Gasteiger charge is 2.62. The van der Waals surface area contributed by atoms with Crippen molar-refractivity contribution in [3.8, 4) is 23.3 Å². The first-order valence-electron chi connectivity index (χ1n) is 12.0. The summed E-state index contributed by atoms with van der Waals surface area (Å²) >= 11 is 0. The summed E-state index contributed by atoms with van der Waals surface area (Å²) in [5.41, 5.74) is 4.05. The first kappa shape index (κ1) is 20.1. The molecule has 0 bridgehead atoms. The fourth-order valence-corrected chi connectivity index (χ4v) is 7.58. The van der Waals surface area contributed by atoms with Crippen LogP contribution in [0.4, 0.5) is 0 Å². The van der Waals surface area contributed by atoms with Gasteiger partial charge in [0.05, 0.1) is 0 Å². The molecule has 2 fully saturated rings. The zero-order valence-corrected chi connectivity index (χ0v) is 18.9. The van der Waals surface area contributed by atoms with Crippen molar-refractivity contribution in [1.82, 2.24) is 0 Å². The Hall–Kier alpha value is -2.51. The quantitative estimate of drug-likeness (QED) is 0.632. The van der Waals surface area contributed by atoms with Crippen LogP contribution in [0.25, 0.3) is 0 Å². The molecule has 1 N–H and O–H groups in total. The predicted octanol–water partition coefficient (Wildman–Crippen LogP) is 5.07. The summed E-state index contributed by atoms with van der Waals surface area (Å²) in [4.78, 5) is 12.2. The molecule has 1 heterocycles. The number of hydrogen-bond donors (Lipinski definition) is 1. The van der Waals surface area contributed by atoms with Crippen molar-refractivity contribution in [3.63, 3.8) is 0 Å². The van der Waals surface area contributed by atoms with Crippen LogP contribution in [-0.4, -0.2) is 23.3 Å². The Labute approximate surface area is 189 Å². The van der Waals surface area contributed by atoms with Gasteiger partial charge in [-0.1, -0.05) is 30.6 Å². The first-order valence-corrected chi connectivity index (χ1v) is 12.0. The van der Waals surface area contributed by atoms with E-state index in [1.165, 1.54) is 16.7 Å². The number of benzene rings is 1. The smallest absolute Gasteiger partial charge is 0.231 e. The summed E-state index contributed by atoms with van der Waals surface area (Å²) in [5, 5.41) is 11.8. The van der Waals surface area contributed by atoms with Crippen LogP contribution in [0.5, 0.6) is 11.5 Å². The highest BCUT2D eigenvalue weighted by molar-refractivity contribution is 5.93. The minimum atomic E-state index is -0.963. The van der Waals surface area contributed by atoms with Crippen LogP contribution in [-0.2, 0) is 4.79 Å². The topological polar surface area (TPSA) is 55.8 Å². The van der Waals surface area contributed by atoms with Crippen LogP contribution in [0.15, 0.2) is 41.0 Å². The molecule has 0 saturated heterocycles. The lowest BCUT2D eigenvalue weighted by Gasteiger charge is -2.53. The zero-order valence-electron chi connectivity index (χ0n) is 18.9. The third-order valence-corrected chi connectivity index (χ3v) is 9.02. The van der Waals surface area contributed by atoms with Crippen molar-refractivity contribution < 1.29 is 19.4 Å². The van der Waals surface area contributed by atoms with E-state index < -0.39 is 5.60 Å². The van der Waals surface area contributed by atoms with Gasteiger partial charge in [-0.05, 0) is 80.6 Å². The second-order valence-corrected chi connectivity index (χ2v) is 10.4. The molecule has 4 heteroatoms. The molecule has 5 aliphatic rings. The number of allylic oxidation sites excluding steroid dienone is 4. The van der Waals surface area contributed by atoms with E-state index in [1.54, 1.807) is 0 Å². The molecule has 166 valence electrons. The molecule has 0 amide bonds. The van der Waals surface area contributed by atoms with E-state index in [9.17, 15) is 9.90 Å². The molecular formula is C28H30O4. The Morgan fingerprint density at radius 2 is 2.03 bits per heavy atom. The summed E-state index contributed by atoms with van der Waals surface area (Å²) in [6, 6.07) is 6.18. The number of aliphatic hydroxyl groups is 1. The lowest BCUT2D eigenvalue weighted by Crippen LogP contribution is -2.51. The fourth-order valence-electron chi connectivity index (χ4n) is 7.58. The Kier molecular flexibility index (Phi) is 4.40. The minimum absolute atomic E-state index is 0.132. The molecule has 0 radical (unpaired) electrons. The van der Waals surface area contributed by atoms with E-state index in [1.807, 2.05) is 25.1 Å². The molecule has 4 aliphatic carbocycles. The second-order valence-electron chi connectivity index (χ2n) is 10.4. The molecule has 0 unspecified atom stereocenters. The average molecular weight is 431 g/mol. The van der Waals surface area contributed by atoms with Crippen molar-refractivity contribution in [2.45, 2.75) is 70.3 Å². The number of rotatable bonds is 1. The van der Waals surface area contributed by atoms with Gasteiger partial charge in [-0.3, -0.25) is 4.79 Å². The largest absolute Gasteiger partial charge is 0.454 e. The van der Waals surface area contributed by atoms with E-state index in [4.69, 9.17) is 9.47 Å². The van der Waals surface area contributed by atoms with E-state index in [2.05, 4.69) is 24.8 Å². The van der Waals surface area contributed by atoms with Crippen LogP contribution in [0.3, 0.4) is 0 Å². The Morgan fingerprint density at radius 1 is 1.16 bits per heavy atom. The highest BCUT2D eigenvalue weighted by Crippen LogP contribution is 2.67. The van der Waals surface area contributed by atoms with Crippen molar-refractivity contribution in [1.29, 1.82) is 0 Å². The third-order valence-electron chi connectivity index (χ3n) is 9.02. The maximum Gasteiger partial charge on any atom is 0.231 e. The zero-order chi connectivity index (χ0) is 22.1. The summed E-state index contributed by atoms with van der Waals surface area (Å²) in [6.45, 7) is 4.34. The molecule has 2 saturated carbocycles. The highest BCUT2D eigenvalue weighted by atomic mass is 16.7. The monoisotopic (exact) mass is 430 g/mol. The van der Waals surface area contributed by atoms with Crippen molar-refractivity contribution in [3.05, 3.63) is 46.6 Å². The molecule has 32 heavy (non-hydrogen) atoms. The number of carbonyl (C=O) groups excluding carboxylic acids is 1. The maximum atomic E-state index is 12.2. The van der Waals surface area contributed by atoms with Gasteiger partial charge in [-0.25, -0.2) is 0 Å². The van der Waals surface area contributed by atoms with Gasteiger partial charge < -0.3 is 14.6 Å². The number of fused-ring (bicyclic) bond motifs is 5. The Balaban J connectivity index is 1.57. The minimum Gasteiger partial charge on any atom is -0.454 e. The van der Waals surface area contributed by atoms with Crippen molar-refractivity contribution in [2.24, 2.45) is 17.3 Å². The van der Waals surface area contributed by atoms with Gasteiger partial charge in [0, 0.05) is 23.3 Å². The lowest BCUT2D eigenvalue weighted by atomic mass is 9.51.